The topological polar surface area (TPSA) is 52.5 Å². The van der Waals surface area contributed by atoms with Crippen LogP contribution in [0, 0.1) is 0 Å². The van der Waals surface area contributed by atoms with Gasteiger partial charge in [0.2, 0.25) is 0 Å². The van der Waals surface area contributed by atoms with E-state index in [1.807, 2.05) is 6.07 Å². The first kappa shape index (κ1) is 15.3. The molecule has 2 aromatic rings. The lowest BCUT2D eigenvalue weighted by atomic mass is 10.2. The zero-order valence-electron chi connectivity index (χ0n) is 11.9. The van der Waals surface area contributed by atoms with Crippen LogP contribution in [-0.2, 0) is 6.54 Å². The van der Waals surface area contributed by atoms with Crippen LogP contribution < -0.4 is 20.3 Å². The summed E-state index contributed by atoms with van der Waals surface area (Å²) in [6.45, 7) is 1.12. The maximum atomic E-state index is 11.6. The average molecular weight is 309 g/mol. The number of methoxy groups -OCH3 is 2. The Morgan fingerprint density at radius 2 is 1.95 bits per heavy atom. The number of benzene rings is 1. The summed E-state index contributed by atoms with van der Waals surface area (Å²) in [5.41, 5.74) is 0.728. The average Bonchev–Trinajstić information content (AvgIpc) is 2.49. The van der Waals surface area contributed by atoms with Crippen molar-refractivity contribution in [2.45, 2.75) is 6.54 Å². The minimum absolute atomic E-state index is 0.0287. The highest BCUT2D eigenvalue weighted by molar-refractivity contribution is 6.32. The molecule has 0 spiro atoms. The lowest BCUT2D eigenvalue weighted by Gasteiger charge is -2.14. The Balaban J connectivity index is 2.08. The van der Waals surface area contributed by atoms with Gasteiger partial charge in [-0.15, -0.1) is 0 Å². The molecule has 1 heterocycles. The number of hydrogen-bond acceptors (Lipinski definition) is 4. The largest absolute Gasteiger partial charge is 0.495 e. The maximum Gasteiger partial charge on any atom is 0.250 e. The third-order valence-corrected chi connectivity index (χ3v) is 3.34. The molecule has 0 aliphatic carbocycles. The molecule has 112 valence electrons. The molecule has 0 aliphatic heterocycles. The first-order chi connectivity index (χ1) is 10.2. The number of anilines is 1. The van der Waals surface area contributed by atoms with Gasteiger partial charge in [-0.2, -0.15) is 0 Å². The molecular formula is C15H17ClN2O3. The summed E-state index contributed by atoms with van der Waals surface area (Å²) in [6.07, 6.45) is 1.75. The second-order valence-electron chi connectivity index (χ2n) is 4.35. The summed E-state index contributed by atoms with van der Waals surface area (Å²) >= 11 is 6.10. The van der Waals surface area contributed by atoms with Crippen LogP contribution in [-0.4, -0.2) is 25.3 Å². The van der Waals surface area contributed by atoms with E-state index in [-0.39, 0.29) is 5.56 Å². The Labute approximate surface area is 128 Å². The van der Waals surface area contributed by atoms with E-state index < -0.39 is 0 Å². The van der Waals surface area contributed by atoms with Crippen molar-refractivity contribution in [3.8, 4) is 11.5 Å². The molecule has 6 heteroatoms. The molecule has 5 nitrogen and oxygen atoms in total. The quantitative estimate of drug-likeness (QED) is 0.891. The third-order valence-electron chi connectivity index (χ3n) is 3.04. The van der Waals surface area contributed by atoms with Crippen LogP contribution in [0.4, 0.5) is 5.69 Å². The minimum atomic E-state index is -0.0287. The molecule has 0 unspecified atom stereocenters. The van der Waals surface area contributed by atoms with Crippen LogP contribution in [0.1, 0.15) is 0 Å². The molecule has 21 heavy (non-hydrogen) atoms. The fourth-order valence-corrected chi connectivity index (χ4v) is 2.20. The van der Waals surface area contributed by atoms with Crippen molar-refractivity contribution < 1.29 is 9.47 Å². The van der Waals surface area contributed by atoms with Crippen molar-refractivity contribution in [2.75, 3.05) is 26.1 Å². The number of nitrogens with one attached hydrogen (secondary N) is 1. The van der Waals surface area contributed by atoms with E-state index in [9.17, 15) is 4.79 Å². The highest BCUT2D eigenvalue weighted by Crippen LogP contribution is 2.35. The molecule has 0 bridgehead atoms. The van der Waals surface area contributed by atoms with Crippen LogP contribution in [0.2, 0.25) is 5.02 Å². The number of ether oxygens (including phenoxy) is 2. The highest BCUT2D eigenvalue weighted by atomic mass is 35.5. The van der Waals surface area contributed by atoms with Gasteiger partial charge in [0.1, 0.15) is 11.5 Å². The van der Waals surface area contributed by atoms with Gasteiger partial charge in [-0.3, -0.25) is 4.79 Å². The van der Waals surface area contributed by atoms with Crippen molar-refractivity contribution in [1.29, 1.82) is 0 Å². The Morgan fingerprint density at radius 1 is 1.19 bits per heavy atom. The molecule has 0 saturated carbocycles. The first-order valence-corrected chi connectivity index (χ1v) is 6.84. The van der Waals surface area contributed by atoms with E-state index in [2.05, 4.69) is 5.32 Å². The molecular weight excluding hydrogens is 292 g/mol. The maximum absolute atomic E-state index is 11.6. The van der Waals surface area contributed by atoms with Crippen molar-refractivity contribution in [2.24, 2.45) is 0 Å². The molecule has 1 aromatic carbocycles. The SMILES string of the molecule is COc1cc(OC)c(NCCn2ccccc2=O)cc1Cl. The van der Waals surface area contributed by atoms with Gasteiger partial charge in [-0.1, -0.05) is 17.7 Å². The van der Waals surface area contributed by atoms with Gasteiger partial charge in [0.05, 0.1) is 24.9 Å². The molecule has 0 amide bonds. The van der Waals surface area contributed by atoms with E-state index in [0.29, 0.717) is 29.6 Å². The van der Waals surface area contributed by atoms with Gasteiger partial charge in [-0.25, -0.2) is 0 Å². The predicted molar refractivity (Wildman–Crippen MR) is 83.7 cm³/mol. The molecule has 1 N–H and O–H groups in total. The minimum Gasteiger partial charge on any atom is -0.495 e. The van der Waals surface area contributed by atoms with E-state index >= 15 is 0 Å². The summed E-state index contributed by atoms with van der Waals surface area (Å²) in [5, 5.41) is 3.71. The van der Waals surface area contributed by atoms with Crippen molar-refractivity contribution in [3.05, 3.63) is 51.9 Å². The Morgan fingerprint density at radius 3 is 2.62 bits per heavy atom. The Kier molecular flexibility index (Phi) is 5.11. The van der Waals surface area contributed by atoms with Gasteiger partial charge >= 0.3 is 0 Å². The monoisotopic (exact) mass is 308 g/mol. The Hall–Kier alpha value is -2.14. The number of aromatic nitrogens is 1. The fraction of sp³-hybridized carbons (Fsp3) is 0.267. The normalized spacial score (nSPS) is 10.2. The molecule has 0 fully saturated rings. The summed E-state index contributed by atoms with van der Waals surface area (Å²) in [6, 6.07) is 8.54. The Bertz CT molecular complexity index is 670. The second kappa shape index (κ2) is 7.04. The number of rotatable bonds is 6. The molecule has 0 atom stereocenters. The van der Waals surface area contributed by atoms with Crippen LogP contribution >= 0.6 is 11.6 Å². The molecule has 0 saturated heterocycles. The molecule has 1 aromatic heterocycles. The fourth-order valence-electron chi connectivity index (χ4n) is 1.95. The third kappa shape index (κ3) is 3.70. The van der Waals surface area contributed by atoms with Crippen molar-refractivity contribution in [1.82, 2.24) is 4.57 Å². The van der Waals surface area contributed by atoms with Crippen molar-refractivity contribution in [3.63, 3.8) is 0 Å². The zero-order chi connectivity index (χ0) is 15.2. The number of nitrogens with zero attached hydrogens (tertiary/aromatic N) is 1. The molecule has 0 radical (unpaired) electrons. The molecule has 2 rings (SSSR count). The van der Waals surface area contributed by atoms with Gasteiger partial charge in [0.15, 0.2) is 0 Å². The van der Waals surface area contributed by atoms with Gasteiger partial charge in [0, 0.05) is 31.4 Å². The van der Waals surface area contributed by atoms with Gasteiger partial charge < -0.3 is 19.4 Å². The second-order valence-corrected chi connectivity index (χ2v) is 4.75. The zero-order valence-corrected chi connectivity index (χ0v) is 12.7. The lowest BCUT2D eigenvalue weighted by Crippen LogP contribution is -2.22. The van der Waals surface area contributed by atoms with Crippen LogP contribution in [0.15, 0.2) is 41.3 Å². The summed E-state index contributed by atoms with van der Waals surface area (Å²) < 4.78 is 12.1. The number of pyridine rings is 1. The standard InChI is InChI=1S/C15H17ClN2O3/c1-20-13-10-14(21-2)12(9-11(13)16)17-6-8-18-7-4-3-5-15(18)19/h3-5,7,9-10,17H,6,8H2,1-2H3. The van der Waals surface area contributed by atoms with E-state index in [4.69, 9.17) is 21.1 Å². The van der Waals surface area contributed by atoms with Crippen LogP contribution in [0.5, 0.6) is 11.5 Å². The van der Waals surface area contributed by atoms with E-state index in [1.54, 1.807) is 43.2 Å². The lowest BCUT2D eigenvalue weighted by molar-refractivity contribution is 0.395. The molecule has 0 aliphatic rings. The highest BCUT2D eigenvalue weighted by Gasteiger charge is 2.09. The summed E-state index contributed by atoms with van der Waals surface area (Å²) in [5.74, 6) is 1.19. The van der Waals surface area contributed by atoms with E-state index in [0.717, 1.165) is 5.69 Å². The van der Waals surface area contributed by atoms with Gasteiger partial charge in [0.25, 0.3) is 5.56 Å². The number of halogens is 1. The van der Waals surface area contributed by atoms with E-state index in [1.165, 1.54) is 6.07 Å². The van der Waals surface area contributed by atoms with Crippen molar-refractivity contribution >= 4 is 17.3 Å². The smallest absolute Gasteiger partial charge is 0.250 e. The predicted octanol–water partition coefficient (Wildman–Crippen LogP) is 2.63. The van der Waals surface area contributed by atoms with Crippen LogP contribution in [0.25, 0.3) is 0 Å². The van der Waals surface area contributed by atoms with Gasteiger partial charge in [-0.05, 0) is 12.1 Å². The summed E-state index contributed by atoms with van der Waals surface area (Å²) in [7, 11) is 3.13. The number of hydrogen-bond donors (Lipinski definition) is 1. The first-order valence-electron chi connectivity index (χ1n) is 6.46. The summed E-state index contributed by atoms with van der Waals surface area (Å²) in [4.78, 5) is 11.6. The van der Waals surface area contributed by atoms with Crippen LogP contribution in [0.3, 0.4) is 0 Å².